The zero-order chi connectivity index (χ0) is 25.2. The Balaban J connectivity index is 1.71. The van der Waals surface area contributed by atoms with E-state index < -0.39 is 26.1 Å². The summed E-state index contributed by atoms with van der Waals surface area (Å²) in [4.78, 5) is 0.115. The number of nitrogens with zero attached hydrogens (tertiary/aromatic N) is 2. The molecule has 0 spiro atoms. The van der Waals surface area contributed by atoms with Crippen LogP contribution in [0.2, 0.25) is 0 Å². The predicted octanol–water partition coefficient (Wildman–Crippen LogP) is 4.31. The molecule has 1 N–H and O–H groups in total. The van der Waals surface area contributed by atoms with Gasteiger partial charge in [-0.1, -0.05) is 42.0 Å². The van der Waals surface area contributed by atoms with E-state index in [0.717, 1.165) is 11.1 Å². The number of anilines is 1. The van der Waals surface area contributed by atoms with Crippen molar-refractivity contribution in [2.75, 3.05) is 17.6 Å². The number of hydrogen-bond acceptors (Lipinski definition) is 6. The molecule has 0 aromatic heterocycles. The van der Waals surface area contributed by atoms with Crippen LogP contribution in [-0.4, -0.2) is 39.8 Å². The Hall–Kier alpha value is -3.37. The summed E-state index contributed by atoms with van der Waals surface area (Å²) in [5.74, 6) is 0.529. The van der Waals surface area contributed by atoms with E-state index in [0.29, 0.717) is 29.1 Å². The van der Waals surface area contributed by atoms with Crippen molar-refractivity contribution < 1.29 is 21.6 Å². The molecule has 1 aliphatic heterocycles. The molecule has 1 heterocycles. The largest absolute Gasteiger partial charge is 0.497 e. The van der Waals surface area contributed by atoms with Gasteiger partial charge >= 0.3 is 0 Å². The third kappa shape index (κ3) is 5.33. The van der Waals surface area contributed by atoms with E-state index in [2.05, 4.69) is 9.82 Å². The average molecular weight is 514 g/mol. The van der Waals surface area contributed by atoms with Crippen molar-refractivity contribution in [1.29, 1.82) is 0 Å². The lowest BCUT2D eigenvalue weighted by molar-refractivity contribution is 0.371. The Morgan fingerprint density at radius 2 is 1.57 bits per heavy atom. The highest BCUT2D eigenvalue weighted by Crippen LogP contribution is 2.37. The van der Waals surface area contributed by atoms with Gasteiger partial charge in [-0.2, -0.15) is 17.9 Å². The number of rotatable bonds is 8. The number of sulfonamides is 2. The summed E-state index contributed by atoms with van der Waals surface area (Å²) >= 11 is 0. The molecule has 1 aliphatic rings. The maximum atomic E-state index is 13.6. The lowest BCUT2D eigenvalue weighted by Crippen LogP contribution is -2.27. The molecule has 35 heavy (non-hydrogen) atoms. The van der Waals surface area contributed by atoms with Crippen molar-refractivity contribution in [3.8, 4) is 5.75 Å². The lowest BCUT2D eigenvalue weighted by Gasteiger charge is -2.23. The van der Waals surface area contributed by atoms with Gasteiger partial charge in [-0.15, -0.1) is 0 Å². The summed E-state index contributed by atoms with van der Waals surface area (Å²) < 4.78 is 59.7. The first kappa shape index (κ1) is 24.7. The highest BCUT2D eigenvalue weighted by molar-refractivity contribution is 7.92. The first-order chi connectivity index (χ1) is 16.6. The molecule has 0 amide bonds. The van der Waals surface area contributed by atoms with Gasteiger partial charge in [0, 0.05) is 12.1 Å². The Morgan fingerprint density at radius 3 is 2.14 bits per heavy atom. The van der Waals surface area contributed by atoms with E-state index >= 15 is 0 Å². The SMILES string of the molecule is CCS(=O)(=O)Nc1ccc(C2=NN(S(=O)(=O)c3ccc(OC)cc3)C(c3ccc(C)cc3)C2)cc1. The summed E-state index contributed by atoms with van der Waals surface area (Å²) in [6, 6.07) is 20.2. The lowest BCUT2D eigenvalue weighted by atomic mass is 9.98. The summed E-state index contributed by atoms with van der Waals surface area (Å²) in [5, 5.41) is 4.54. The zero-order valence-corrected chi connectivity index (χ0v) is 21.3. The molecule has 0 saturated heterocycles. The van der Waals surface area contributed by atoms with Crippen molar-refractivity contribution in [2.24, 2.45) is 5.10 Å². The van der Waals surface area contributed by atoms with Crippen LogP contribution in [0.4, 0.5) is 5.69 Å². The number of methoxy groups -OCH3 is 1. The molecule has 0 aliphatic carbocycles. The van der Waals surface area contributed by atoms with Gasteiger partial charge in [-0.05, 0) is 61.4 Å². The van der Waals surface area contributed by atoms with Crippen LogP contribution < -0.4 is 9.46 Å². The van der Waals surface area contributed by atoms with Crippen molar-refractivity contribution in [2.45, 2.75) is 31.2 Å². The van der Waals surface area contributed by atoms with Crippen LogP contribution in [0.25, 0.3) is 0 Å². The molecule has 1 atom stereocenters. The predicted molar refractivity (Wildman–Crippen MR) is 137 cm³/mol. The molecule has 0 saturated carbocycles. The number of benzene rings is 3. The van der Waals surface area contributed by atoms with E-state index in [9.17, 15) is 16.8 Å². The molecule has 10 heteroatoms. The third-order valence-corrected chi connectivity index (χ3v) is 8.81. The second kappa shape index (κ2) is 9.71. The normalized spacial score (nSPS) is 16.1. The van der Waals surface area contributed by atoms with Crippen LogP contribution in [0.15, 0.2) is 82.8 Å². The van der Waals surface area contributed by atoms with E-state index in [1.165, 1.54) is 23.7 Å². The van der Waals surface area contributed by atoms with E-state index in [4.69, 9.17) is 4.74 Å². The number of ether oxygens (including phenoxy) is 1. The maximum Gasteiger partial charge on any atom is 0.279 e. The van der Waals surface area contributed by atoms with Gasteiger partial charge in [0.15, 0.2) is 0 Å². The van der Waals surface area contributed by atoms with Gasteiger partial charge in [-0.3, -0.25) is 4.72 Å². The third-order valence-electron chi connectivity index (χ3n) is 5.81. The molecule has 4 rings (SSSR count). The number of nitrogens with one attached hydrogen (secondary N) is 1. The molecular weight excluding hydrogens is 486 g/mol. The zero-order valence-electron chi connectivity index (χ0n) is 19.7. The second-order valence-corrected chi connectivity index (χ2v) is 12.0. The molecule has 3 aromatic carbocycles. The Kier molecular flexibility index (Phi) is 6.86. The number of hydrazone groups is 1. The van der Waals surface area contributed by atoms with Crippen LogP contribution in [0.5, 0.6) is 5.75 Å². The second-order valence-electron chi connectivity index (χ2n) is 8.21. The monoisotopic (exact) mass is 513 g/mol. The van der Waals surface area contributed by atoms with Crippen molar-refractivity contribution in [3.63, 3.8) is 0 Å². The summed E-state index contributed by atoms with van der Waals surface area (Å²) in [6.07, 6.45) is 0.373. The van der Waals surface area contributed by atoms with Crippen LogP contribution in [0.1, 0.15) is 36.1 Å². The molecule has 0 radical (unpaired) electrons. The number of hydrogen-bond donors (Lipinski definition) is 1. The number of aryl methyl sites for hydroxylation is 1. The van der Waals surface area contributed by atoms with Gasteiger partial charge in [0.05, 0.1) is 29.5 Å². The smallest absolute Gasteiger partial charge is 0.279 e. The van der Waals surface area contributed by atoms with Crippen LogP contribution in [0, 0.1) is 6.92 Å². The van der Waals surface area contributed by atoms with Crippen molar-refractivity contribution >= 4 is 31.4 Å². The minimum absolute atomic E-state index is 0.0299. The highest BCUT2D eigenvalue weighted by Gasteiger charge is 2.37. The van der Waals surface area contributed by atoms with Gasteiger partial charge < -0.3 is 4.74 Å². The topological polar surface area (TPSA) is 105 Å². The van der Waals surface area contributed by atoms with Crippen LogP contribution in [0.3, 0.4) is 0 Å². The summed E-state index contributed by atoms with van der Waals surface area (Å²) in [5.41, 5.74) is 3.65. The molecule has 8 nitrogen and oxygen atoms in total. The molecule has 184 valence electrons. The molecular formula is C25H27N3O5S2. The van der Waals surface area contributed by atoms with Gasteiger partial charge in [0.25, 0.3) is 10.0 Å². The van der Waals surface area contributed by atoms with Crippen molar-refractivity contribution in [1.82, 2.24) is 4.41 Å². The van der Waals surface area contributed by atoms with Gasteiger partial charge in [0.1, 0.15) is 5.75 Å². The Morgan fingerprint density at radius 1 is 0.943 bits per heavy atom. The first-order valence-electron chi connectivity index (χ1n) is 11.1. The van der Waals surface area contributed by atoms with Gasteiger partial charge in [0.2, 0.25) is 10.0 Å². The molecule has 3 aromatic rings. The Bertz CT molecular complexity index is 1430. The molecule has 1 unspecified atom stereocenters. The van der Waals surface area contributed by atoms with Crippen molar-refractivity contribution in [3.05, 3.63) is 89.5 Å². The van der Waals surface area contributed by atoms with E-state index in [1.807, 2.05) is 31.2 Å². The van der Waals surface area contributed by atoms with Crippen LogP contribution in [-0.2, 0) is 20.0 Å². The fourth-order valence-corrected chi connectivity index (χ4v) is 5.83. The van der Waals surface area contributed by atoms with E-state index in [-0.39, 0.29) is 10.6 Å². The summed E-state index contributed by atoms with van der Waals surface area (Å²) in [7, 11) is -5.82. The average Bonchev–Trinajstić information content (AvgIpc) is 3.31. The molecule has 0 bridgehead atoms. The van der Waals surface area contributed by atoms with E-state index in [1.54, 1.807) is 43.3 Å². The Labute approximate surface area is 206 Å². The fraction of sp³-hybridized carbons (Fsp3) is 0.240. The van der Waals surface area contributed by atoms with Gasteiger partial charge in [-0.25, -0.2) is 8.42 Å². The standard InChI is InChI=1S/C25H27N3O5S2/c1-4-34(29,30)27-21-11-9-19(10-12-21)24-17-25(20-7-5-18(2)6-8-20)28(26-24)35(31,32)23-15-13-22(33-3)14-16-23/h5-16,25,27H,4,17H2,1-3H3. The van der Waals surface area contributed by atoms with Crippen LogP contribution >= 0.6 is 0 Å². The minimum Gasteiger partial charge on any atom is -0.497 e. The fourth-order valence-electron chi connectivity index (χ4n) is 3.76. The summed E-state index contributed by atoms with van der Waals surface area (Å²) in [6.45, 7) is 3.54. The highest BCUT2D eigenvalue weighted by atomic mass is 32.2. The first-order valence-corrected chi connectivity index (χ1v) is 14.2. The maximum absolute atomic E-state index is 13.6. The minimum atomic E-state index is -3.95. The quantitative estimate of drug-likeness (QED) is 0.483. The molecule has 0 fully saturated rings.